The lowest BCUT2D eigenvalue weighted by Gasteiger charge is -2.09. The minimum Gasteiger partial charge on any atom is -0.456 e. The molecule has 0 atom stereocenters. The number of furan rings is 2. The smallest absolute Gasteiger partial charge is 0.164 e. The summed E-state index contributed by atoms with van der Waals surface area (Å²) in [6.07, 6.45) is 0. The van der Waals surface area contributed by atoms with Gasteiger partial charge in [-0.05, 0) is 54.6 Å². The Morgan fingerprint density at radius 2 is 1.13 bits per heavy atom. The molecule has 6 nitrogen and oxygen atoms in total. The number of fused-ring (bicyclic) bond motifs is 7. The van der Waals surface area contributed by atoms with E-state index in [1.165, 1.54) is 0 Å². The number of nitrogens with zero attached hydrogens (tertiary/aromatic N) is 4. The molecule has 0 N–H and O–H groups in total. The van der Waals surface area contributed by atoms with E-state index in [1.54, 1.807) is 11.3 Å². The highest BCUT2D eigenvalue weighted by Gasteiger charge is 2.19. The number of aromatic nitrogens is 4. The monoisotopic (exact) mass is 622 g/mol. The van der Waals surface area contributed by atoms with Crippen molar-refractivity contribution in [1.82, 2.24) is 19.9 Å². The minimum atomic E-state index is 0.566. The maximum Gasteiger partial charge on any atom is 0.164 e. The summed E-state index contributed by atoms with van der Waals surface area (Å²) >= 11 is 1.69. The highest BCUT2D eigenvalue weighted by molar-refractivity contribution is 7.21. The van der Waals surface area contributed by atoms with Gasteiger partial charge >= 0.3 is 0 Å². The third-order valence-corrected chi connectivity index (χ3v) is 9.67. The highest BCUT2D eigenvalue weighted by Crippen LogP contribution is 2.40. The molecular weight excluding hydrogens is 601 g/mol. The molecule has 0 unspecified atom stereocenters. The van der Waals surface area contributed by atoms with E-state index in [2.05, 4.69) is 42.5 Å². The van der Waals surface area contributed by atoms with Crippen LogP contribution < -0.4 is 0 Å². The van der Waals surface area contributed by atoms with E-state index in [9.17, 15) is 0 Å². The van der Waals surface area contributed by atoms with Crippen LogP contribution >= 0.6 is 11.3 Å². The second kappa shape index (κ2) is 10.2. The first kappa shape index (κ1) is 26.1. The Kier molecular flexibility index (Phi) is 5.64. The standard InChI is InChI=1S/C40H22N4O2S/c1-2-9-23(10-3-1)37-42-38(24-17-19-27-26-11-4-6-14-31(26)46-34(27)22-24)44-39(43-37)28-12-8-15-33-36(28)29-21-25(18-20-32(29)45-33)40-41-30-13-5-7-16-35(30)47-40/h1-22H. The van der Waals surface area contributed by atoms with Crippen molar-refractivity contribution < 1.29 is 8.83 Å². The zero-order chi connectivity index (χ0) is 30.9. The van der Waals surface area contributed by atoms with E-state index in [0.29, 0.717) is 17.5 Å². The predicted octanol–water partition coefficient (Wildman–Crippen LogP) is 10.9. The van der Waals surface area contributed by atoms with Gasteiger partial charge in [-0.15, -0.1) is 11.3 Å². The Balaban J connectivity index is 1.19. The predicted molar refractivity (Wildman–Crippen MR) is 189 cm³/mol. The number of para-hydroxylation sites is 2. The summed E-state index contributed by atoms with van der Waals surface area (Å²) in [6.45, 7) is 0. The molecule has 0 aliphatic carbocycles. The molecule has 0 fully saturated rings. The molecule has 0 spiro atoms. The van der Waals surface area contributed by atoms with Crippen LogP contribution in [0, 0.1) is 0 Å². The molecule has 4 aromatic heterocycles. The van der Waals surface area contributed by atoms with Crippen LogP contribution in [-0.2, 0) is 0 Å². The second-order valence-corrected chi connectivity index (χ2v) is 12.5. The van der Waals surface area contributed by atoms with Gasteiger partial charge in [-0.25, -0.2) is 19.9 Å². The van der Waals surface area contributed by atoms with Gasteiger partial charge in [0, 0.05) is 43.8 Å². The van der Waals surface area contributed by atoms with Gasteiger partial charge < -0.3 is 8.83 Å². The molecular formula is C40H22N4O2S. The summed E-state index contributed by atoms with van der Waals surface area (Å²) in [5.41, 5.74) is 7.87. The molecule has 0 saturated carbocycles. The number of thiazole rings is 1. The van der Waals surface area contributed by atoms with Gasteiger partial charge in [0.1, 0.15) is 27.3 Å². The Hall–Kier alpha value is -6.18. The van der Waals surface area contributed by atoms with Crippen molar-refractivity contribution in [3.05, 3.63) is 133 Å². The van der Waals surface area contributed by atoms with Crippen molar-refractivity contribution in [1.29, 1.82) is 0 Å². The van der Waals surface area contributed by atoms with Crippen LogP contribution in [0.5, 0.6) is 0 Å². The number of hydrogen-bond acceptors (Lipinski definition) is 7. The second-order valence-electron chi connectivity index (χ2n) is 11.5. The number of benzene rings is 6. The largest absolute Gasteiger partial charge is 0.456 e. The average Bonchev–Trinajstić information content (AvgIpc) is 3.84. The van der Waals surface area contributed by atoms with E-state index < -0.39 is 0 Å². The van der Waals surface area contributed by atoms with Gasteiger partial charge in [-0.1, -0.05) is 78.9 Å². The van der Waals surface area contributed by atoms with Crippen molar-refractivity contribution in [3.63, 3.8) is 0 Å². The number of hydrogen-bond donors (Lipinski definition) is 0. The first-order chi connectivity index (χ1) is 23.2. The fourth-order valence-electron chi connectivity index (χ4n) is 6.35. The van der Waals surface area contributed by atoms with Crippen molar-refractivity contribution >= 4 is 65.4 Å². The third-order valence-electron chi connectivity index (χ3n) is 8.58. The SMILES string of the molecule is c1ccc(-c2nc(-c3ccc4c(c3)oc3ccccc34)nc(-c3cccc4oc5ccc(-c6nc7ccccc7s6)cc5c34)n2)cc1. The van der Waals surface area contributed by atoms with Gasteiger partial charge in [-0.3, -0.25) is 0 Å². The Morgan fingerprint density at radius 3 is 2.04 bits per heavy atom. The first-order valence-electron chi connectivity index (χ1n) is 15.3. The zero-order valence-corrected chi connectivity index (χ0v) is 25.5. The summed E-state index contributed by atoms with van der Waals surface area (Å²) < 4.78 is 13.7. The molecule has 10 aromatic rings. The molecule has 0 aliphatic heterocycles. The quantitative estimate of drug-likeness (QED) is 0.194. The molecule has 220 valence electrons. The zero-order valence-electron chi connectivity index (χ0n) is 24.7. The third kappa shape index (κ3) is 4.25. The van der Waals surface area contributed by atoms with Crippen molar-refractivity contribution in [2.75, 3.05) is 0 Å². The molecule has 0 aliphatic rings. The topological polar surface area (TPSA) is 77.8 Å². The molecule has 0 radical (unpaired) electrons. The molecule has 4 heterocycles. The maximum atomic E-state index is 6.37. The Bertz CT molecular complexity index is 2780. The van der Waals surface area contributed by atoms with Gasteiger partial charge in [0.05, 0.1) is 10.2 Å². The average molecular weight is 623 g/mol. The molecule has 0 saturated heterocycles. The van der Waals surface area contributed by atoms with Crippen LogP contribution in [0.15, 0.2) is 142 Å². The van der Waals surface area contributed by atoms with Crippen molar-refractivity contribution in [2.24, 2.45) is 0 Å². The fraction of sp³-hybridized carbons (Fsp3) is 0. The van der Waals surface area contributed by atoms with Crippen molar-refractivity contribution in [3.8, 4) is 44.7 Å². The van der Waals surface area contributed by atoms with Crippen LogP contribution in [0.25, 0.3) is 98.8 Å². The van der Waals surface area contributed by atoms with Gasteiger partial charge in [-0.2, -0.15) is 0 Å². The fourth-order valence-corrected chi connectivity index (χ4v) is 7.31. The lowest BCUT2D eigenvalue weighted by Crippen LogP contribution is -2.00. The van der Waals surface area contributed by atoms with E-state index in [1.807, 2.05) is 91.0 Å². The molecule has 7 heteroatoms. The molecule has 6 aromatic carbocycles. The molecule has 0 amide bonds. The minimum absolute atomic E-state index is 0.566. The highest BCUT2D eigenvalue weighted by atomic mass is 32.1. The summed E-state index contributed by atoms with van der Waals surface area (Å²) in [7, 11) is 0. The molecule has 10 rings (SSSR count). The lowest BCUT2D eigenvalue weighted by molar-refractivity contribution is 0.668. The van der Waals surface area contributed by atoms with Crippen LogP contribution in [0.4, 0.5) is 0 Å². The van der Waals surface area contributed by atoms with Crippen molar-refractivity contribution in [2.45, 2.75) is 0 Å². The van der Waals surface area contributed by atoms with Gasteiger partial charge in [0.25, 0.3) is 0 Å². The van der Waals surface area contributed by atoms with Crippen LogP contribution in [0.2, 0.25) is 0 Å². The van der Waals surface area contributed by atoms with Gasteiger partial charge in [0.2, 0.25) is 0 Å². The number of rotatable bonds is 4. The van der Waals surface area contributed by atoms with Crippen LogP contribution in [0.1, 0.15) is 0 Å². The maximum absolute atomic E-state index is 6.37. The summed E-state index contributed by atoms with van der Waals surface area (Å²) in [4.78, 5) is 20.0. The molecule has 47 heavy (non-hydrogen) atoms. The van der Waals surface area contributed by atoms with Crippen LogP contribution in [-0.4, -0.2) is 19.9 Å². The Labute approximate surface area is 271 Å². The Morgan fingerprint density at radius 1 is 0.426 bits per heavy atom. The first-order valence-corrected chi connectivity index (χ1v) is 16.1. The van der Waals surface area contributed by atoms with E-state index in [-0.39, 0.29) is 0 Å². The van der Waals surface area contributed by atoms with Crippen LogP contribution in [0.3, 0.4) is 0 Å². The normalized spacial score (nSPS) is 11.8. The van der Waals surface area contributed by atoms with E-state index in [0.717, 1.165) is 81.4 Å². The summed E-state index contributed by atoms with van der Waals surface area (Å²) in [5.74, 6) is 1.73. The van der Waals surface area contributed by atoms with E-state index in [4.69, 9.17) is 28.8 Å². The summed E-state index contributed by atoms with van der Waals surface area (Å²) in [5, 5.41) is 5.04. The summed E-state index contributed by atoms with van der Waals surface area (Å²) in [6, 6.07) is 44.7. The van der Waals surface area contributed by atoms with Gasteiger partial charge in [0.15, 0.2) is 17.5 Å². The van der Waals surface area contributed by atoms with E-state index >= 15 is 0 Å². The lowest BCUT2D eigenvalue weighted by atomic mass is 10.0. The molecule has 0 bridgehead atoms.